The molecule has 104 valence electrons. The third kappa shape index (κ3) is 3.35. The summed E-state index contributed by atoms with van der Waals surface area (Å²) in [5, 5.41) is 18.3. The molecule has 2 amide bonds. The summed E-state index contributed by atoms with van der Waals surface area (Å²) in [7, 11) is 1.64. The van der Waals surface area contributed by atoms with Gasteiger partial charge in [-0.05, 0) is 26.7 Å². The molecule has 0 aromatic rings. The molecule has 1 fully saturated rings. The molecule has 0 spiro atoms. The zero-order chi connectivity index (χ0) is 13.9. The molecule has 2 N–H and O–H groups in total. The Kier molecular flexibility index (Phi) is 4.56. The van der Waals surface area contributed by atoms with Crippen molar-refractivity contribution in [3.63, 3.8) is 0 Å². The Morgan fingerprint density at radius 2 is 1.89 bits per heavy atom. The van der Waals surface area contributed by atoms with E-state index in [-0.39, 0.29) is 12.6 Å². The zero-order valence-electron chi connectivity index (χ0n) is 11.2. The van der Waals surface area contributed by atoms with Gasteiger partial charge in [-0.2, -0.15) is 0 Å². The lowest BCUT2D eigenvalue weighted by Crippen LogP contribution is -2.50. The SMILES string of the molecule is CC(O)CN(C)C(=O)N1CCC(C)(C(=O)O)CC1. The smallest absolute Gasteiger partial charge is 0.319 e. The molecule has 1 aliphatic rings. The molecule has 1 aliphatic heterocycles. The number of hydrogen-bond donors (Lipinski definition) is 2. The summed E-state index contributed by atoms with van der Waals surface area (Å²) in [6.45, 7) is 4.53. The third-order valence-corrected chi connectivity index (χ3v) is 3.52. The second-order valence-corrected chi connectivity index (χ2v) is 5.36. The van der Waals surface area contributed by atoms with Gasteiger partial charge < -0.3 is 20.0 Å². The molecular weight excluding hydrogens is 236 g/mol. The molecule has 6 nitrogen and oxygen atoms in total. The fourth-order valence-corrected chi connectivity index (χ4v) is 2.12. The van der Waals surface area contributed by atoms with Crippen LogP contribution in [0.4, 0.5) is 4.79 Å². The summed E-state index contributed by atoms with van der Waals surface area (Å²) in [6.07, 6.45) is 0.376. The van der Waals surface area contributed by atoms with Crippen LogP contribution in [0, 0.1) is 5.41 Å². The van der Waals surface area contributed by atoms with Crippen LogP contribution in [-0.2, 0) is 4.79 Å². The monoisotopic (exact) mass is 258 g/mol. The number of carbonyl (C=O) groups is 2. The number of aliphatic carboxylic acids is 1. The van der Waals surface area contributed by atoms with E-state index in [4.69, 9.17) is 5.11 Å². The number of urea groups is 1. The molecule has 1 saturated heterocycles. The minimum Gasteiger partial charge on any atom is -0.481 e. The van der Waals surface area contributed by atoms with Crippen molar-refractivity contribution < 1.29 is 19.8 Å². The minimum absolute atomic E-state index is 0.150. The molecule has 6 heteroatoms. The number of amides is 2. The summed E-state index contributed by atoms with van der Waals surface area (Å²) in [5.41, 5.74) is -0.723. The predicted molar refractivity (Wildman–Crippen MR) is 66.3 cm³/mol. The predicted octanol–water partition coefficient (Wildman–Crippen LogP) is 0.606. The van der Waals surface area contributed by atoms with E-state index in [1.54, 1.807) is 25.8 Å². The first kappa shape index (κ1) is 14.8. The van der Waals surface area contributed by atoms with Crippen molar-refractivity contribution in [1.82, 2.24) is 9.80 Å². The number of carboxylic acid groups (broad SMARTS) is 1. The Bertz CT molecular complexity index is 322. The van der Waals surface area contributed by atoms with Crippen LogP contribution in [0.25, 0.3) is 0 Å². The molecule has 0 radical (unpaired) electrons. The van der Waals surface area contributed by atoms with Gasteiger partial charge >= 0.3 is 12.0 Å². The molecule has 1 atom stereocenters. The van der Waals surface area contributed by atoms with E-state index in [2.05, 4.69) is 0 Å². The molecule has 1 unspecified atom stereocenters. The average Bonchev–Trinajstić information content (AvgIpc) is 2.28. The number of rotatable bonds is 3. The Morgan fingerprint density at radius 3 is 2.28 bits per heavy atom. The maximum absolute atomic E-state index is 12.0. The standard InChI is InChI=1S/C12H22N2O4/c1-9(15)8-13(3)11(18)14-6-4-12(2,5-7-14)10(16)17/h9,15H,4-8H2,1-3H3,(H,16,17). The van der Waals surface area contributed by atoms with Gasteiger partial charge in [-0.1, -0.05) is 0 Å². The zero-order valence-corrected chi connectivity index (χ0v) is 11.2. The van der Waals surface area contributed by atoms with Crippen LogP contribution in [0.2, 0.25) is 0 Å². The van der Waals surface area contributed by atoms with Gasteiger partial charge in [0.05, 0.1) is 11.5 Å². The van der Waals surface area contributed by atoms with Crippen molar-refractivity contribution in [3.8, 4) is 0 Å². The molecule has 1 heterocycles. The van der Waals surface area contributed by atoms with Crippen molar-refractivity contribution in [2.24, 2.45) is 5.41 Å². The minimum atomic E-state index is -0.799. The Balaban J connectivity index is 2.52. The van der Waals surface area contributed by atoms with Gasteiger partial charge in [0.2, 0.25) is 0 Å². The van der Waals surface area contributed by atoms with Crippen LogP contribution in [0.5, 0.6) is 0 Å². The molecule has 0 aromatic carbocycles. The maximum atomic E-state index is 12.0. The highest BCUT2D eigenvalue weighted by atomic mass is 16.4. The lowest BCUT2D eigenvalue weighted by molar-refractivity contribution is -0.150. The third-order valence-electron chi connectivity index (χ3n) is 3.52. The number of carbonyl (C=O) groups excluding carboxylic acids is 1. The molecule has 0 aromatic heterocycles. The summed E-state index contributed by atoms with van der Waals surface area (Å²) in [5.74, 6) is -0.799. The molecule has 0 aliphatic carbocycles. The molecule has 1 rings (SSSR count). The average molecular weight is 258 g/mol. The van der Waals surface area contributed by atoms with Crippen LogP contribution in [0.15, 0.2) is 0 Å². The van der Waals surface area contributed by atoms with E-state index < -0.39 is 17.5 Å². The van der Waals surface area contributed by atoms with Gasteiger partial charge in [-0.3, -0.25) is 4.79 Å². The number of aliphatic hydroxyl groups is 1. The lowest BCUT2D eigenvalue weighted by atomic mass is 9.80. The van der Waals surface area contributed by atoms with Crippen molar-refractivity contribution in [2.75, 3.05) is 26.7 Å². The summed E-state index contributed by atoms with van der Waals surface area (Å²) in [4.78, 5) is 26.2. The first-order valence-corrected chi connectivity index (χ1v) is 6.18. The highest BCUT2D eigenvalue weighted by Gasteiger charge is 2.38. The number of likely N-dealkylation sites (N-methyl/N-ethyl adjacent to an activating group) is 1. The first-order chi connectivity index (χ1) is 8.26. The van der Waals surface area contributed by atoms with E-state index in [1.807, 2.05) is 0 Å². The van der Waals surface area contributed by atoms with E-state index in [9.17, 15) is 14.7 Å². The number of nitrogens with zero attached hydrogens (tertiary/aromatic N) is 2. The summed E-state index contributed by atoms with van der Waals surface area (Å²) < 4.78 is 0. The van der Waals surface area contributed by atoms with Crippen molar-refractivity contribution in [2.45, 2.75) is 32.8 Å². The Morgan fingerprint density at radius 1 is 1.39 bits per heavy atom. The first-order valence-electron chi connectivity index (χ1n) is 6.18. The second kappa shape index (κ2) is 5.56. The van der Waals surface area contributed by atoms with Crippen molar-refractivity contribution in [3.05, 3.63) is 0 Å². The van der Waals surface area contributed by atoms with Crippen molar-refractivity contribution >= 4 is 12.0 Å². The number of likely N-dealkylation sites (tertiary alicyclic amines) is 1. The van der Waals surface area contributed by atoms with Gasteiger partial charge in [0, 0.05) is 26.7 Å². The van der Waals surface area contributed by atoms with E-state index in [0.717, 1.165) is 0 Å². The van der Waals surface area contributed by atoms with Crippen molar-refractivity contribution in [1.29, 1.82) is 0 Å². The fraction of sp³-hybridized carbons (Fsp3) is 0.833. The van der Waals surface area contributed by atoms with Crippen LogP contribution in [0.3, 0.4) is 0 Å². The molecular formula is C12H22N2O4. The highest BCUT2D eigenvalue weighted by molar-refractivity contribution is 5.77. The lowest BCUT2D eigenvalue weighted by Gasteiger charge is -2.38. The largest absolute Gasteiger partial charge is 0.481 e. The normalized spacial score (nSPS) is 20.3. The molecule has 0 saturated carbocycles. The molecule has 0 bridgehead atoms. The van der Waals surface area contributed by atoms with Crippen LogP contribution in [-0.4, -0.2) is 64.8 Å². The maximum Gasteiger partial charge on any atom is 0.319 e. The van der Waals surface area contributed by atoms with Crippen LogP contribution in [0.1, 0.15) is 26.7 Å². The number of piperidine rings is 1. The van der Waals surface area contributed by atoms with E-state index in [1.165, 1.54) is 4.90 Å². The molecule has 18 heavy (non-hydrogen) atoms. The summed E-state index contributed by atoms with van der Waals surface area (Å²) >= 11 is 0. The van der Waals surface area contributed by atoms with Crippen LogP contribution >= 0.6 is 0 Å². The Labute approximate surface area is 107 Å². The van der Waals surface area contributed by atoms with Gasteiger partial charge in [0.1, 0.15) is 0 Å². The van der Waals surface area contributed by atoms with E-state index in [0.29, 0.717) is 25.9 Å². The second-order valence-electron chi connectivity index (χ2n) is 5.36. The fourth-order valence-electron chi connectivity index (χ4n) is 2.12. The number of carboxylic acids is 1. The van der Waals surface area contributed by atoms with Gasteiger partial charge in [0.15, 0.2) is 0 Å². The van der Waals surface area contributed by atoms with Gasteiger partial charge in [-0.15, -0.1) is 0 Å². The highest BCUT2D eigenvalue weighted by Crippen LogP contribution is 2.31. The summed E-state index contributed by atoms with van der Waals surface area (Å²) in [6, 6.07) is -0.150. The number of hydrogen-bond acceptors (Lipinski definition) is 3. The number of aliphatic hydroxyl groups excluding tert-OH is 1. The topological polar surface area (TPSA) is 81.1 Å². The quantitative estimate of drug-likeness (QED) is 0.777. The van der Waals surface area contributed by atoms with Gasteiger partial charge in [0.25, 0.3) is 0 Å². The Hall–Kier alpha value is -1.30. The van der Waals surface area contributed by atoms with E-state index >= 15 is 0 Å². The van der Waals surface area contributed by atoms with Gasteiger partial charge in [-0.25, -0.2) is 4.79 Å². The van der Waals surface area contributed by atoms with Crippen LogP contribution < -0.4 is 0 Å².